The van der Waals surface area contributed by atoms with E-state index in [0.29, 0.717) is 5.69 Å². The largest absolute Gasteiger partial charge is 0.426 e. The van der Waals surface area contributed by atoms with E-state index in [-0.39, 0.29) is 60.1 Å². The summed E-state index contributed by atoms with van der Waals surface area (Å²) in [5.74, 6) is -1.61. The summed E-state index contributed by atoms with van der Waals surface area (Å²) < 4.78 is 5.57. The first-order valence-corrected chi connectivity index (χ1v) is 11.2. The van der Waals surface area contributed by atoms with Gasteiger partial charge in [0.1, 0.15) is 5.75 Å². The number of benzene rings is 2. The zero-order chi connectivity index (χ0) is 22.7. The molecule has 3 amide bonds. The van der Waals surface area contributed by atoms with E-state index in [9.17, 15) is 19.2 Å². The highest BCUT2D eigenvalue weighted by Crippen LogP contribution is 2.53. The Morgan fingerprint density at radius 1 is 0.848 bits per heavy atom. The smallest absolute Gasteiger partial charge is 0.316 e. The second-order valence-corrected chi connectivity index (χ2v) is 9.17. The fraction of sp³-hybridized carbons (Fsp3) is 0.308. The van der Waals surface area contributed by atoms with Crippen LogP contribution in [0.2, 0.25) is 0 Å². The van der Waals surface area contributed by atoms with E-state index in [1.54, 1.807) is 29.2 Å². The van der Waals surface area contributed by atoms with E-state index < -0.39 is 11.9 Å². The van der Waals surface area contributed by atoms with Gasteiger partial charge in [-0.05, 0) is 42.5 Å². The predicted molar refractivity (Wildman–Crippen MR) is 119 cm³/mol. The number of rotatable bonds is 4. The summed E-state index contributed by atoms with van der Waals surface area (Å²) >= 11 is 0. The first-order chi connectivity index (χ1) is 16.0. The van der Waals surface area contributed by atoms with E-state index in [4.69, 9.17) is 4.74 Å². The van der Waals surface area contributed by atoms with Crippen molar-refractivity contribution in [3.63, 3.8) is 0 Å². The third-order valence-electron chi connectivity index (χ3n) is 7.29. The molecule has 3 fully saturated rings. The summed E-state index contributed by atoms with van der Waals surface area (Å²) in [6.07, 6.45) is 5.06. The van der Waals surface area contributed by atoms with Crippen molar-refractivity contribution in [1.82, 2.24) is 0 Å². The maximum atomic E-state index is 13.1. The number of anilines is 2. The predicted octanol–water partition coefficient (Wildman–Crippen LogP) is 2.96. The first kappa shape index (κ1) is 19.9. The zero-order valence-electron chi connectivity index (χ0n) is 17.8. The first-order valence-electron chi connectivity index (χ1n) is 11.2. The molecule has 1 saturated carbocycles. The van der Waals surface area contributed by atoms with Crippen molar-refractivity contribution in [3.8, 4) is 5.75 Å². The Hall–Kier alpha value is -3.74. The number of esters is 1. The van der Waals surface area contributed by atoms with Gasteiger partial charge in [-0.1, -0.05) is 36.4 Å². The molecular formula is C26H22N2O5. The number of carbonyl (C=O) groups is 4. The third kappa shape index (κ3) is 3.10. The number of hydrogen-bond donors (Lipinski definition) is 0. The molecule has 4 aliphatic rings. The van der Waals surface area contributed by atoms with Gasteiger partial charge in [0.05, 0.1) is 23.4 Å². The highest BCUT2D eigenvalue weighted by molar-refractivity contribution is 6.22. The minimum atomic E-state index is -0.586. The molecule has 5 atom stereocenters. The molecule has 166 valence electrons. The summed E-state index contributed by atoms with van der Waals surface area (Å²) in [4.78, 5) is 54.2. The van der Waals surface area contributed by atoms with Gasteiger partial charge >= 0.3 is 5.97 Å². The second-order valence-electron chi connectivity index (χ2n) is 9.17. The van der Waals surface area contributed by atoms with Crippen molar-refractivity contribution < 1.29 is 23.9 Å². The topological polar surface area (TPSA) is 84.0 Å². The van der Waals surface area contributed by atoms with E-state index in [1.807, 2.05) is 30.3 Å². The lowest BCUT2D eigenvalue weighted by Crippen LogP contribution is -2.32. The van der Waals surface area contributed by atoms with Gasteiger partial charge in [0.15, 0.2) is 0 Å². The number of nitrogens with zero attached hydrogens (tertiary/aromatic N) is 2. The molecule has 7 heteroatoms. The molecule has 0 spiro atoms. The normalized spacial score (nSPS) is 29.8. The summed E-state index contributed by atoms with van der Waals surface area (Å²) in [5, 5.41) is 0. The number of ether oxygens (including phenoxy) is 1. The van der Waals surface area contributed by atoms with Crippen LogP contribution in [0.1, 0.15) is 12.8 Å². The van der Waals surface area contributed by atoms with Gasteiger partial charge in [0.25, 0.3) is 0 Å². The molecular weight excluding hydrogens is 420 g/mol. The quantitative estimate of drug-likeness (QED) is 0.315. The van der Waals surface area contributed by atoms with Crippen LogP contribution in [-0.4, -0.2) is 30.2 Å². The third-order valence-corrected chi connectivity index (χ3v) is 7.29. The number of allylic oxidation sites excluding steroid dienone is 2. The number of para-hydroxylation sites is 1. The molecule has 2 aliphatic carbocycles. The Morgan fingerprint density at radius 2 is 1.52 bits per heavy atom. The molecule has 2 aliphatic heterocycles. The minimum absolute atomic E-state index is 0.0790. The lowest BCUT2D eigenvalue weighted by molar-refractivity contribution is -0.139. The summed E-state index contributed by atoms with van der Waals surface area (Å²) in [6.45, 7) is 0.254. The van der Waals surface area contributed by atoms with Crippen LogP contribution in [0.25, 0.3) is 0 Å². The fourth-order valence-corrected chi connectivity index (χ4v) is 5.77. The van der Waals surface area contributed by atoms with Crippen molar-refractivity contribution >= 4 is 35.1 Å². The Morgan fingerprint density at radius 3 is 2.21 bits per heavy atom. The number of fused-ring (bicyclic) bond motifs is 5. The van der Waals surface area contributed by atoms with Gasteiger partial charge in [-0.3, -0.25) is 19.2 Å². The number of amides is 3. The molecule has 2 aromatic rings. The highest BCUT2D eigenvalue weighted by Gasteiger charge is 2.59. The average Bonchev–Trinajstić information content (AvgIpc) is 3.58. The SMILES string of the molecule is O=C(Oc1cccc(N2C(=O)[C@@H]3[C@H](C2=O)[C@@H]2C=C[C@H]3C2)c1)[C@@H]1CC(=O)N(c2ccccc2)C1. The van der Waals surface area contributed by atoms with Crippen LogP contribution in [0.4, 0.5) is 11.4 Å². The molecule has 2 heterocycles. The highest BCUT2D eigenvalue weighted by atomic mass is 16.5. The zero-order valence-corrected chi connectivity index (χ0v) is 17.8. The van der Waals surface area contributed by atoms with E-state index in [2.05, 4.69) is 12.2 Å². The van der Waals surface area contributed by atoms with Gasteiger partial charge < -0.3 is 9.64 Å². The van der Waals surface area contributed by atoms with Crippen molar-refractivity contribution in [2.45, 2.75) is 12.8 Å². The van der Waals surface area contributed by atoms with Gasteiger partial charge in [-0.25, -0.2) is 4.90 Å². The molecule has 2 aromatic carbocycles. The summed E-state index contributed by atoms with van der Waals surface area (Å²) in [5.41, 5.74) is 1.16. The van der Waals surface area contributed by atoms with Crippen molar-refractivity contribution in [2.24, 2.45) is 29.6 Å². The van der Waals surface area contributed by atoms with Crippen LogP contribution in [0.3, 0.4) is 0 Å². The Labute approximate surface area is 190 Å². The number of carbonyl (C=O) groups excluding carboxylic acids is 4. The van der Waals surface area contributed by atoms with Crippen LogP contribution >= 0.6 is 0 Å². The molecule has 0 N–H and O–H groups in total. The summed E-state index contributed by atoms with van der Waals surface area (Å²) in [6, 6.07) is 15.7. The summed E-state index contributed by atoms with van der Waals surface area (Å²) in [7, 11) is 0. The standard InChI is InChI=1S/C26H22N2O5/c29-21-12-17(14-27(21)18-5-2-1-3-6-18)26(32)33-20-8-4-7-19(13-20)28-24(30)22-15-9-10-16(11-15)23(22)25(28)31/h1-10,13,15-17,22-23H,11-12,14H2/t15-,16+,17-,22-,23+/m1/s1. The maximum absolute atomic E-state index is 13.1. The number of imide groups is 1. The Kier molecular flexibility index (Phi) is 4.47. The minimum Gasteiger partial charge on any atom is -0.426 e. The maximum Gasteiger partial charge on any atom is 0.316 e. The lowest BCUT2D eigenvalue weighted by atomic mass is 9.85. The van der Waals surface area contributed by atoms with E-state index >= 15 is 0 Å². The van der Waals surface area contributed by atoms with Gasteiger partial charge in [-0.15, -0.1) is 0 Å². The fourth-order valence-electron chi connectivity index (χ4n) is 5.77. The van der Waals surface area contributed by atoms with Crippen LogP contribution in [0.15, 0.2) is 66.7 Å². The van der Waals surface area contributed by atoms with Crippen LogP contribution in [-0.2, 0) is 19.2 Å². The molecule has 6 rings (SSSR count). The molecule has 2 saturated heterocycles. The van der Waals surface area contributed by atoms with Crippen molar-refractivity contribution in [2.75, 3.05) is 16.3 Å². The molecule has 0 radical (unpaired) electrons. The van der Waals surface area contributed by atoms with Gasteiger partial charge in [0.2, 0.25) is 17.7 Å². The average molecular weight is 442 g/mol. The lowest BCUT2D eigenvalue weighted by Gasteiger charge is -2.18. The molecule has 33 heavy (non-hydrogen) atoms. The Bertz CT molecular complexity index is 1180. The Balaban J connectivity index is 1.17. The van der Waals surface area contributed by atoms with Crippen molar-refractivity contribution in [1.29, 1.82) is 0 Å². The second kappa shape index (κ2) is 7.40. The van der Waals surface area contributed by atoms with E-state index in [0.717, 1.165) is 12.1 Å². The van der Waals surface area contributed by atoms with Crippen LogP contribution < -0.4 is 14.5 Å². The van der Waals surface area contributed by atoms with Gasteiger partial charge in [-0.2, -0.15) is 0 Å². The van der Waals surface area contributed by atoms with Crippen LogP contribution in [0.5, 0.6) is 5.75 Å². The van der Waals surface area contributed by atoms with Crippen molar-refractivity contribution in [3.05, 3.63) is 66.7 Å². The molecule has 0 unspecified atom stereocenters. The van der Waals surface area contributed by atoms with Gasteiger partial charge in [0, 0.05) is 24.7 Å². The monoisotopic (exact) mass is 442 g/mol. The van der Waals surface area contributed by atoms with E-state index in [1.165, 1.54) is 4.90 Å². The molecule has 7 nitrogen and oxygen atoms in total. The molecule has 2 bridgehead atoms. The van der Waals surface area contributed by atoms with Crippen LogP contribution in [0, 0.1) is 29.6 Å². The number of hydrogen-bond acceptors (Lipinski definition) is 5. The molecule has 0 aromatic heterocycles.